The minimum atomic E-state index is 0.290. The largest absolute Gasteiger partial charge is 0.497 e. The Labute approximate surface area is 97.1 Å². The zero-order chi connectivity index (χ0) is 11.6. The average Bonchev–Trinajstić information content (AvgIpc) is 3.09. The molecule has 0 bridgehead atoms. The summed E-state index contributed by atoms with van der Waals surface area (Å²) in [6.07, 6.45) is 11.0. The van der Waals surface area contributed by atoms with Crippen LogP contribution in [0.1, 0.15) is 24.0 Å². The van der Waals surface area contributed by atoms with Crippen LogP contribution in [0.15, 0.2) is 30.9 Å². The standard InChI is InChI=1S/C15H16O/c1-4-12-6-7-14(16-3)10-13(12)11-15(5-2)8-9-15/h1,5-7,10H,2,8-9,11H2,3H3. The van der Waals surface area contributed by atoms with Crippen molar-refractivity contribution in [3.8, 4) is 18.1 Å². The molecule has 0 amide bonds. The lowest BCUT2D eigenvalue weighted by molar-refractivity contribution is 0.414. The SMILES string of the molecule is C#Cc1ccc(OC)cc1CC1(C=C)CC1. The molecule has 1 heteroatoms. The summed E-state index contributed by atoms with van der Waals surface area (Å²) in [6, 6.07) is 5.90. The molecule has 1 aliphatic rings. The molecule has 0 heterocycles. The van der Waals surface area contributed by atoms with Crippen LogP contribution in [0.5, 0.6) is 5.75 Å². The summed E-state index contributed by atoms with van der Waals surface area (Å²) in [7, 11) is 1.68. The summed E-state index contributed by atoms with van der Waals surface area (Å²) >= 11 is 0. The minimum Gasteiger partial charge on any atom is -0.497 e. The summed E-state index contributed by atoms with van der Waals surface area (Å²) in [4.78, 5) is 0. The molecule has 0 N–H and O–H groups in total. The van der Waals surface area contributed by atoms with Crippen LogP contribution in [0.3, 0.4) is 0 Å². The Morgan fingerprint density at radius 2 is 2.31 bits per heavy atom. The minimum absolute atomic E-state index is 0.290. The molecule has 2 rings (SSSR count). The molecule has 0 unspecified atom stereocenters. The van der Waals surface area contributed by atoms with Gasteiger partial charge >= 0.3 is 0 Å². The van der Waals surface area contributed by atoms with E-state index in [-0.39, 0.29) is 5.41 Å². The molecular formula is C15H16O. The maximum Gasteiger partial charge on any atom is 0.119 e. The highest BCUT2D eigenvalue weighted by atomic mass is 16.5. The number of hydrogen-bond donors (Lipinski definition) is 0. The van der Waals surface area contributed by atoms with Crippen LogP contribution in [0, 0.1) is 17.8 Å². The highest BCUT2D eigenvalue weighted by Gasteiger charge is 2.39. The second-order valence-electron chi connectivity index (χ2n) is 4.41. The number of rotatable bonds is 4. The molecule has 0 aromatic heterocycles. The number of methoxy groups -OCH3 is 1. The van der Waals surface area contributed by atoms with E-state index in [1.165, 1.54) is 18.4 Å². The van der Waals surface area contributed by atoms with Gasteiger partial charge in [0.2, 0.25) is 0 Å². The van der Waals surface area contributed by atoms with Crippen LogP contribution in [0.4, 0.5) is 0 Å². The van der Waals surface area contributed by atoms with Crippen LogP contribution in [0.2, 0.25) is 0 Å². The van der Waals surface area contributed by atoms with Gasteiger partial charge in [0.1, 0.15) is 5.75 Å². The molecule has 0 spiro atoms. The summed E-state index contributed by atoms with van der Waals surface area (Å²) in [5.74, 6) is 3.60. The van der Waals surface area contributed by atoms with Gasteiger partial charge in [-0.1, -0.05) is 12.0 Å². The number of terminal acetylenes is 1. The number of ether oxygens (including phenoxy) is 1. The maximum absolute atomic E-state index is 5.51. The Balaban J connectivity index is 2.31. The van der Waals surface area contributed by atoms with E-state index in [1.54, 1.807) is 7.11 Å². The van der Waals surface area contributed by atoms with Crippen LogP contribution in [0.25, 0.3) is 0 Å². The van der Waals surface area contributed by atoms with Crippen molar-refractivity contribution in [2.45, 2.75) is 19.3 Å². The second kappa shape index (κ2) is 4.06. The van der Waals surface area contributed by atoms with Crippen molar-refractivity contribution in [3.63, 3.8) is 0 Å². The fourth-order valence-electron chi connectivity index (χ4n) is 1.98. The van der Waals surface area contributed by atoms with Gasteiger partial charge in [0, 0.05) is 5.56 Å². The van der Waals surface area contributed by atoms with Crippen molar-refractivity contribution in [1.29, 1.82) is 0 Å². The number of hydrogen-bond acceptors (Lipinski definition) is 1. The molecule has 1 aromatic carbocycles. The molecule has 0 radical (unpaired) electrons. The van der Waals surface area contributed by atoms with Crippen LogP contribution < -0.4 is 4.74 Å². The Morgan fingerprint density at radius 3 is 2.81 bits per heavy atom. The summed E-state index contributed by atoms with van der Waals surface area (Å²) in [5, 5.41) is 0. The third kappa shape index (κ3) is 1.97. The summed E-state index contributed by atoms with van der Waals surface area (Å²) in [5.41, 5.74) is 2.45. The van der Waals surface area contributed by atoms with Crippen molar-refractivity contribution >= 4 is 0 Å². The van der Waals surface area contributed by atoms with Gasteiger partial charge in [-0.2, -0.15) is 0 Å². The molecule has 0 saturated heterocycles. The van der Waals surface area contributed by atoms with Gasteiger partial charge in [-0.05, 0) is 48.4 Å². The maximum atomic E-state index is 5.51. The van der Waals surface area contributed by atoms with E-state index in [1.807, 2.05) is 18.2 Å². The van der Waals surface area contributed by atoms with E-state index in [0.29, 0.717) is 0 Å². The monoisotopic (exact) mass is 212 g/mol. The molecule has 1 fully saturated rings. The van der Waals surface area contributed by atoms with E-state index < -0.39 is 0 Å². The highest BCUT2D eigenvalue weighted by molar-refractivity contribution is 5.45. The van der Waals surface area contributed by atoms with Crippen LogP contribution in [-0.2, 0) is 6.42 Å². The molecule has 1 aromatic rings. The Morgan fingerprint density at radius 1 is 1.56 bits per heavy atom. The predicted octanol–water partition coefficient (Wildman–Crippen LogP) is 3.19. The molecule has 1 saturated carbocycles. The van der Waals surface area contributed by atoms with Gasteiger partial charge < -0.3 is 4.74 Å². The molecule has 16 heavy (non-hydrogen) atoms. The van der Waals surface area contributed by atoms with Crippen molar-refractivity contribution in [2.24, 2.45) is 5.41 Å². The van der Waals surface area contributed by atoms with E-state index in [0.717, 1.165) is 17.7 Å². The zero-order valence-electron chi connectivity index (χ0n) is 9.62. The molecular weight excluding hydrogens is 196 g/mol. The third-order valence-electron chi connectivity index (χ3n) is 3.34. The van der Waals surface area contributed by atoms with Crippen molar-refractivity contribution in [1.82, 2.24) is 0 Å². The topological polar surface area (TPSA) is 9.23 Å². The normalized spacial score (nSPS) is 16.2. The Kier molecular flexibility index (Phi) is 2.75. The lowest BCUT2D eigenvalue weighted by Gasteiger charge is -2.12. The first kappa shape index (κ1) is 10.8. The number of allylic oxidation sites excluding steroid dienone is 1. The molecule has 82 valence electrons. The smallest absolute Gasteiger partial charge is 0.119 e. The van der Waals surface area contributed by atoms with Gasteiger partial charge in [0.25, 0.3) is 0 Å². The van der Waals surface area contributed by atoms with Crippen molar-refractivity contribution in [2.75, 3.05) is 7.11 Å². The predicted molar refractivity (Wildman–Crippen MR) is 66.5 cm³/mol. The zero-order valence-corrected chi connectivity index (χ0v) is 9.62. The van der Waals surface area contributed by atoms with Gasteiger partial charge in [0.05, 0.1) is 7.11 Å². The first-order chi connectivity index (χ1) is 7.73. The van der Waals surface area contributed by atoms with E-state index >= 15 is 0 Å². The van der Waals surface area contributed by atoms with Crippen molar-refractivity contribution in [3.05, 3.63) is 42.0 Å². The molecule has 1 aliphatic carbocycles. The molecule has 1 nitrogen and oxygen atoms in total. The average molecular weight is 212 g/mol. The lowest BCUT2D eigenvalue weighted by Crippen LogP contribution is -2.03. The highest BCUT2D eigenvalue weighted by Crippen LogP contribution is 2.49. The third-order valence-corrected chi connectivity index (χ3v) is 3.34. The quantitative estimate of drug-likeness (QED) is 0.550. The summed E-state index contributed by atoms with van der Waals surface area (Å²) in [6.45, 7) is 3.91. The summed E-state index contributed by atoms with van der Waals surface area (Å²) < 4.78 is 5.23. The molecule has 0 aliphatic heterocycles. The van der Waals surface area contributed by atoms with Crippen molar-refractivity contribution < 1.29 is 4.74 Å². The Hall–Kier alpha value is -1.68. The molecule has 0 atom stereocenters. The first-order valence-corrected chi connectivity index (χ1v) is 5.50. The fraction of sp³-hybridized carbons (Fsp3) is 0.333. The second-order valence-corrected chi connectivity index (χ2v) is 4.41. The number of benzene rings is 1. The van der Waals surface area contributed by atoms with Gasteiger partial charge in [-0.15, -0.1) is 13.0 Å². The van der Waals surface area contributed by atoms with Crippen LogP contribution in [-0.4, -0.2) is 7.11 Å². The first-order valence-electron chi connectivity index (χ1n) is 5.50. The van der Waals surface area contributed by atoms with E-state index in [4.69, 9.17) is 11.2 Å². The van der Waals surface area contributed by atoms with Gasteiger partial charge in [-0.25, -0.2) is 0 Å². The Bertz CT molecular complexity index is 447. The van der Waals surface area contributed by atoms with E-state index in [9.17, 15) is 0 Å². The van der Waals surface area contributed by atoms with E-state index in [2.05, 4.69) is 18.6 Å². The van der Waals surface area contributed by atoms with Gasteiger partial charge in [-0.3, -0.25) is 0 Å². The van der Waals surface area contributed by atoms with Crippen LogP contribution >= 0.6 is 0 Å². The lowest BCUT2D eigenvalue weighted by atomic mass is 9.93. The fourth-order valence-corrected chi connectivity index (χ4v) is 1.98. The van der Waals surface area contributed by atoms with Gasteiger partial charge in [0.15, 0.2) is 0 Å².